The summed E-state index contributed by atoms with van der Waals surface area (Å²) in [5.41, 5.74) is 0. The minimum absolute atomic E-state index is 0.0437. The first kappa shape index (κ1) is 15.4. The summed E-state index contributed by atoms with van der Waals surface area (Å²) in [6.07, 6.45) is 0. The number of amides is 1. The van der Waals surface area contributed by atoms with Crippen molar-refractivity contribution in [2.75, 3.05) is 32.8 Å². The molecule has 1 amide bonds. The zero-order chi connectivity index (χ0) is 13.5. The third-order valence-corrected chi connectivity index (χ3v) is 3.23. The summed E-state index contributed by atoms with van der Waals surface area (Å²) in [6, 6.07) is 0.807. The molecule has 0 aliphatic carbocycles. The molecule has 5 heteroatoms. The molecule has 5 nitrogen and oxygen atoms in total. The molecule has 0 bridgehead atoms. The van der Waals surface area contributed by atoms with Gasteiger partial charge in [-0.1, -0.05) is 0 Å². The highest BCUT2D eigenvalue weighted by atomic mass is 16.5. The van der Waals surface area contributed by atoms with E-state index in [2.05, 4.69) is 43.2 Å². The Kier molecular flexibility index (Phi) is 6.60. The topological polar surface area (TPSA) is 53.6 Å². The van der Waals surface area contributed by atoms with Crippen LogP contribution in [0.15, 0.2) is 0 Å². The molecule has 0 spiro atoms. The maximum atomic E-state index is 11.8. The van der Waals surface area contributed by atoms with Crippen LogP contribution in [0.4, 0.5) is 0 Å². The first-order chi connectivity index (χ1) is 8.52. The molecule has 0 radical (unpaired) electrons. The Balaban J connectivity index is 2.25. The van der Waals surface area contributed by atoms with E-state index in [1.807, 2.05) is 0 Å². The molecule has 1 fully saturated rings. The summed E-state index contributed by atoms with van der Waals surface area (Å²) >= 11 is 0. The van der Waals surface area contributed by atoms with Crippen molar-refractivity contribution in [1.29, 1.82) is 0 Å². The molecule has 1 atom stereocenters. The smallest absolute Gasteiger partial charge is 0.239 e. The summed E-state index contributed by atoms with van der Waals surface area (Å²) in [5.74, 6) is 0.0437. The largest absolute Gasteiger partial charge is 0.378 e. The average molecular weight is 257 g/mol. The maximum absolute atomic E-state index is 11.8. The van der Waals surface area contributed by atoms with Crippen molar-refractivity contribution in [1.82, 2.24) is 15.5 Å². The molecule has 2 N–H and O–H groups in total. The highest BCUT2D eigenvalue weighted by Gasteiger charge is 2.21. The molecule has 0 aromatic rings. The summed E-state index contributed by atoms with van der Waals surface area (Å²) in [7, 11) is 0. The van der Waals surface area contributed by atoms with Crippen molar-refractivity contribution in [2.24, 2.45) is 0 Å². The van der Waals surface area contributed by atoms with Crippen LogP contribution < -0.4 is 10.6 Å². The average Bonchev–Trinajstić information content (AvgIpc) is 2.34. The molecule has 18 heavy (non-hydrogen) atoms. The second kappa shape index (κ2) is 7.71. The van der Waals surface area contributed by atoms with E-state index in [1.165, 1.54) is 0 Å². The molecule has 0 aromatic carbocycles. The molecule has 106 valence electrons. The van der Waals surface area contributed by atoms with Gasteiger partial charge < -0.3 is 15.4 Å². The molecule has 1 aliphatic heterocycles. The number of carbonyl (C=O) groups is 1. The fourth-order valence-electron chi connectivity index (χ4n) is 2.28. The van der Waals surface area contributed by atoms with Crippen LogP contribution in [0.5, 0.6) is 0 Å². The van der Waals surface area contributed by atoms with Crippen molar-refractivity contribution >= 4 is 5.91 Å². The molecule has 1 saturated heterocycles. The van der Waals surface area contributed by atoms with E-state index in [1.54, 1.807) is 0 Å². The van der Waals surface area contributed by atoms with Gasteiger partial charge in [0.1, 0.15) is 6.04 Å². The predicted octanol–water partition coefficient (Wildman–Crippen LogP) is 0.210. The highest BCUT2D eigenvalue weighted by Crippen LogP contribution is 2.03. The molecule has 0 saturated carbocycles. The van der Waals surface area contributed by atoms with Crippen LogP contribution in [0.2, 0.25) is 0 Å². The standard InChI is InChI=1S/C13H27N3O2/c1-10(2)16(11(3)4)7-5-15-13(17)12-9-18-8-6-14-12/h10-12,14H,5-9H2,1-4H3,(H,15,17). The number of hydrogen-bond donors (Lipinski definition) is 2. The monoisotopic (exact) mass is 257 g/mol. The van der Waals surface area contributed by atoms with E-state index in [0.717, 1.165) is 13.1 Å². The van der Waals surface area contributed by atoms with Gasteiger partial charge in [-0.2, -0.15) is 0 Å². The fraction of sp³-hybridized carbons (Fsp3) is 0.923. The summed E-state index contributed by atoms with van der Waals surface area (Å²) < 4.78 is 5.27. The number of morpholine rings is 1. The van der Waals surface area contributed by atoms with Crippen LogP contribution in [0.1, 0.15) is 27.7 Å². The van der Waals surface area contributed by atoms with E-state index in [9.17, 15) is 4.79 Å². The molecule has 1 aliphatic rings. The quantitative estimate of drug-likeness (QED) is 0.714. The Hall–Kier alpha value is -0.650. The predicted molar refractivity (Wildman–Crippen MR) is 72.6 cm³/mol. The van der Waals surface area contributed by atoms with Gasteiger partial charge in [0.25, 0.3) is 0 Å². The number of rotatable bonds is 6. The Morgan fingerprint density at radius 1 is 1.39 bits per heavy atom. The van der Waals surface area contributed by atoms with Crippen molar-refractivity contribution < 1.29 is 9.53 Å². The van der Waals surface area contributed by atoms with Gasteiger partial charge in [0.15, 0.2) is 0 Å². The lowest BCUT2D eigenvalue weighted by atomic mass is 10.2. The van der Waals surface area contributed by atoms with E-state index in [4.69, 9.17) is 4.74 Å². The van der Waals surface area contributed by atoms with E-state index in [-0.39, 0.29) is 11.9 Å². The zero-order valence-electron chi connectivity index (χ0n) is 12.0. The van der Waals surface area contributed by atoms with Crippen molar-refractivity contribution in [2.45, 2.75) is 45.8 Å². The molecule has 1 unspecified atom stereocenters. The Morgan fingerprint density at radius 3 is 2.56 bits per heavy atom. The van der Waals surface area contributed by atoms with Gasteiger partial charge in [0.2, 0.25) is 5.91 Å². The third-order valence-electron chi connectivity index (χ3n) is 3.23. The van der Waals surface area contributed by atoms with E-state index in [0.29, 0.717) is 31.8 Å². The number of carbonyl (C=O) groups excluding carboxylic acids is 1. The minimum Gasteiger partial charge on any atom is -0.378 e. The summed E-state index contributed by atoms with van der Waals surface area (Å²) in [5, 5.41) is 6.12. The van der Waals surface area contributed by atoms with Crippen LogP contribution in [0, 0.1) is 0 Å². The number of nitrogens with zero attached hydrogens (tertiary/aromatic N) is 1. The second-order valence-electron chi connectivity index (χ2n) is 5.30. The van der Waals surface area contributed by atoms with Gasteiger partial charge in [0.05, 0.1) is 13.2 Å². The lowest BCUT2D eigenvalue weighted by molar-refractivity contribution is -0.126. The van der Waals surface area contributed by atoms with E-state index < -0.39 is 0 Å². The van der Waals surface area contributed by atoms with Crippen LogP contribution in [-0.4, -0.2) is 61.8 Å². The Labute approximate surface area is 110 Å². The third kappa shape index (κ3) is 4.92. The van der Waals surface area contributed by atoms with Gasteiger partial charge >= 0.3 is 0 Å². The van der Waals surface area contributed by atoms with Crippen LogP contribution in [0.3, 0.4) is 0 Å². The molecule has 0 aromatic heterocycles. The minimum atomic E-state index is -0.190. The fourth-order valence-corrected chi connectivity index (χ4v) is 2.28. The Morgan fingerprint density at radius 2 is 2.06 bits per heavy atom. The van der Waals surface area contributed by atoms with Crippen molar-refractivity contribution in [3.05, 3.63) is 0 Å². The first-order valence-corrected chi connectivity index (χ1v) is 6.87. The van der Waals surface area contributed by atoms with Gasteiger partial charge in [-0.3, -0.25) is 9.69 Å². The molecule has 1 rings (SSSR count). The van der Waals surface area contributed by atoms with Gasteiger partial charge in [-0.15, -0.1) is 0 Å². The zero-order valence-corrected chi connectivity index (χ0v) is 12.0. The van der Waals surface area contributed by atoms with Crippen LogP contribution in [0.25, 0.3) is 0 Å². The summed E-state index contributed by atoms with van der Waals surface area (Å²) in [6.45, 7) is 12.2. The molecular weight excluding hydrogens is 230 g/mol. The van der Waals surface area contributed by atoms with E-state index >= 15 is 0 Å². The summed E-state index contributed by atoms with van der Waals surface area (Å²) in [4.78, 5) is 14.2. The number of hydrogen-bond acceptors (Lipinski definition) is 4. The normalized spacial score (nSPS) is 20.7. The van der Waals surface area contributed by atoms with Gasteiger partial charge in [0, 0.05) is 31.7 Å². The number of nitrogens with one attached hydrogen (secondary N) is 2. The van der Waals surface area contributed by atoms with Crippen molar-refractivity contribution in [3.63, 3.8) is 0 Å². The van der Waals surface area contributed by atoms with Crippen LogP contribution in [-0.2, 0) is 9.53 Å². The molecule has 1 heterocycles. The SMILES string of the molecule is CC(C)N(CCNC(=O)C1COCCN1)C(C)C. The van der Waals surface area contributed by atoms with Crippen molar-refractivity contribution in [3.8, 4) is 0 Å². The highest BCUT2D eigenvalue weighted by molar-refractivity contribution is 5.81. The first-order valence-electron chi connectivity index (χ1n) is 6.87. The maximum Gasteiger partial charge on any atom is 0.239 e. The van der Waals surface area contributed by atoms with Gasteiger partial charge in [-0.25, -0.2) is 0 Å². The van der Waals surface area contributed by atoms with Gasteiger partial charge in [-0.05, 0) is 27.7 Å². The lowest BCUT2D eigenvalue weighted by Gasteiger charge is -2.31. The van der Waals surface area contributed by atoms with Crippen LogP contribution >= 0.6 is 0 Å². The second-order valence-corrected chi connectivity index (χ2v) is 5.30. The molecular formula is C13H27N3O2. The Bertz CT molecular complexity index is 243. The lowest BCUT2D eigenvalue weighted by Crippen LogP contribution is -2.52. The number of ether oxygens (including phenoxy) is 1.